The van der Waals surface area contributed by atoms with Gasteiger partial charge >= 0.3 is 0 Å². The summed E-state index contributed by atoms with van der Waals surface area (Å²) in [6, 6.07) is 11.4. The van der Waals surface area contributed by atoms with Crippen molar-refractivity contribution in [3.63, 3.8) is 0 Å². The molecular formula is C18H17Cl2FN2O. The molecule has 24 heavy (non-hydrogen) atoms. The Hall–Kier alpha value is -1.78. The second-order valence-corrected chi connectivity index (χ2v) is 6.55. The maximum Gasteiger partial charge on any atom is 0.253 e. The van der Waals surface area contributed by atoms with Crippen LogP contribution in [-0.4, -0.2) is 37.0 Å². The maximum atomic E-state index is 13.1. The van der Waals surface area contributed by atoms with Crippen molar-refractivity contribution in [2.24, 2.45) is 0 Å². The van der Waals surface area contributed by atoms with E-state index in [2.05, 4.69) is 4.90 Å². The molecule has 2 aromatic rings. The van der Waals surface area contributed by atoms with E-state index < -0.39 is 0 Å². The number of carbonyl (C=O) groups is 1. The first-order valence-corrected chi connectivity index (χ1v) is 8.55. The van der Waals surface area contributed by atoms with E-state index in [0.717, 1.165) is 18.7 Å². The van der Waals surface area contributed by atoms with Crippen molar-refractivity contribution in [1.82, 2.24) is 4.90 Å². The van der Waals surface area contributed by atoms with Crippen LogP contribution in [-0.2, 0) is 0 Å². The molecule has 1 aliphatic heterocycles. The van der Waals surface area contributed by atoms with E-state index in [1.54, 1.807) is 30.3 Å². The van der Waals surface area contributed by atoms with Gasteiger partial charge in [-0.2, -0.15) is 0 Å². The van der Waals surface area contributed by atoms with E-state index in [1.807, 2.05) is 4.90 Å². The van der Waals surface area contributed by atoms with Gasteiger partial charge in [0.2, 0.25) is 0 Å². The quantitative estimate of drug-likeness (QED) is 0.781. The summed E-state index contributed by atoms with van der Waals surface area (Å²) in [6.07, 6.45) is 0.852. The number of amides is 1. The van der Waals surface area contributed by atoms with Crippen LogP contribution in [0.3, 0.4) is 0 Å². The molecule has 2 aromatic carbocycles. The predicted molar refractivity (Wildman–Crippen MR) is 95.6 cm³/mol. The highest BCUT2D eigenvalue weighted by Gasteiger charge is 2.21. The van der Waals surface area contributed by atoms with E-state index in [1.165, 1.54) is 12.1 Å². The lowest BCUT2D eigenvalue weighted by atomic mass is 10.2. The van der Waals surface area contributed by atoms with E-state index in [-0.39, 0.29) is 11.7 Å². The van der Waals surface area contributed by atoms with Crippen molar-refractivity contribution in [3.05, 3.63) is 63.9 Å². The molecule has 1 saturated heterocycles. The summed E-state index contributed by atoms with van der Waals surface area (Å²) in [5.41, 5.74) is 1.51. The van der Waals surface area contributed by atoms with Crippen molar-refractivity contribution in [2.75, 3.05) is 31.1 Å². The number of anilines is 1. The van der Waals surface area contributed by atoms with E-state index >= 15 is 0 Å². The smallest absolute Gasteiger partial charge is 0.253 e. The van der Waals surface area contributed by atoms with Gasteiger partial charge in [0.1, 0.15) is 5.82 Å². The number of benzene rings is 2. The summed E-state index contributed by atoms with van der Waals surface area (Å²) in [5.74, 6) is -0.292. The summed E-state index contributed by atoms with van der Waals surface area (Å²) in [4.78, 5) is 16.7. The van der Waals surface area contributed by atoms with Crippen LogP contribution in [0.5, 0.6) is 0 Å². The predicted octanol–water partition coefficient (Wildman–Crippen LogP) is 4.49. The third-order valence-electron chi connectivity index (χ3n) is 4.14. The highest BCUT2D eigenvalue weighted by atomic mass is 35.5. The minimum atomic E-state index is -0.245. The van der Waals surface area contributed by atoms with Gasteiger partial charge in [0.15, 0.2) is 0 Å². The lowest BCUT2D eigenvalue weighted by Gasteiger charge is -2.24. The Bertz CT molecular complexity index is 736. The molecular weight excluding hydrogens is 350 g/mol. The van der Waals surface area contributed by atoms with Crippen molar-refractivity contribution >= 4 is 34.8 Å². The fourth-order valence-electron chi connectivity index (χ4n) is 2.84. The molecule has 0 atom stereocenters. The molecule has 1 heterocycles. The fraction of sp³-hybridized carbons (Fsp3) is 0.278. The Morgan fingerprint density at radius 3 is 2.38 bits per heavy atom. The average molecular weight is 367 g/mol. The highest BCUT2D eigenvalue weighted by molar-refractivity contribution is 6.42. The van der Waals surface area contributed by atoms with Gasteiger partial charge < -0.3 is 9.80 Å². The molecule has 0 spiro atoms. The first-order valence-electron chi connectivity index (χ1n) is 7.79. The molecule has 0 bridgehead atoms. The monoisotopic (exact) mass is 366 g/mol. The van der Waals surface area contributed by atoms with Crippen LogP contribution in [0.2, 0.25) is 10.0 Å². The number of hydrogen-bond acceptors (Lipinski definition) is 2. The Balaban J connectivity index is 1.69. The number of nitrogens with zero attached hydrogens (tertiary/aromatic N) is 2. The van der Waals surface area contributed by atoms with Gasteiger partial charge in [-0.15, -0.1) is 0 Å². The molecule has 0 aromatic heterocycles. The van der Waals surface area contributed by atoms with Gasteiger partial charge in [-0.25, -0.2) is 4.39 Å². The molecule has 0 aliphatic carbocycles. The van der Waals surface area contributed by atoms with Crippen LogP contribution in [0, 0.1) is 5.82 Å². The van der Waals surface area contributed by atoms with Gasteiger partial charge in [0.25, 0.3) is 5.91 Å². The second-order valence-electron chi connectivity index (χ2n) is 5.74. The minimum Gasteiger partial charge on any atom is -0.370 e. The summed E-state index contributed by atoms with van der Waals surface area (Å²) < 4.78 is 13.1. The summed E-state index contributed by atoms with van der Waals surface area (Å²) >= 11 is 11.9. The standard InChI is InChI=1S/C18H17Cl2FN2O/c19-16-7-2-13(12-17(16)20)18(24)23-9-1-8-22(10-11-23)15-5-3-14(21)4-6-15/h2-7,12H,1,8-11H2. The Morgan fingerprint density at radius 2 is 1.67 bits per heavy atom. The average Bonchev–Trinajstić information content (AvgIpc) is 2.83. The first kappa shape index (κ1) is 17.1. The number of hydrogen-bond donors (Lipinski definition) is 0. The lowest BCUT2D eigenvalue weighted by Crippen LogP contribution is -2.35. The second kappa shape index (κ2) is 7.41. The van der Waals surface area contributed by atoms with Crippen LogP contribution in [0.4, 0.5) is 10.1 Å². The summed E-state index contributed by atoms with van der Waals surface area (Å²) in [7, 11) is 0. The van der Waals surface area contributed by atoms with Crippen LogP contribution < -0.4 is 4.90 Å². The van der Waals surface area contributed by atoms with Gasteiger partial charge in [0, 0.05) is 37.4 Å². The molecule has 0 N–H and O–H groups in total. The zero-order valence-corrected chi connectivity index (χ0v) is 14.5. The molecule has 3 nitrogen and oxygen atoms in total. The molecule has 1 fully saturated rings. The molecule has 0 saturated carbocycles. The molecule has 1 amide bonds. The number of rotatable bonds is 2. The largest absolute Gasteiger partial charge is 0.370 e. The zero-order chi connectivity index (χ0) is 17.1. The summed E-state index contributed by atoms with van der Waals surface area (Å²) in [6.45, 7) is 2.82. The van der Waals surface area contributed by atoms with E-state index in [0.29, 0.717) is 35.2 Å². The van der Waals surface area contributed by atoms with Gasteiger partial charge in [-0.3, -0.25) is 4.79 Å². The topological polar surface area (TPSA) is 23.6 Å². The number of halogens is 3. The van der Waals surface area contributed by atoms with Gasteiger partial charge in [-0.1, -0.05) is 23.2 Å². The van der Waals surface area contributed by atoms with Crippen molar-refractivity contribution in [2.45, 2.75) is 6.42 Å². The van der Waals surface area contributed by atoms with Gasteiger partial charge in [0.05, 0.1) is 10.0 Å². The van der Waals surface area contributed by atoms with Crippen molar-refractivity contribution in [3.8, 4) is 0 Å². The van der Waals surface area contributed by atoms with Crippen LogP contribution in [0.25, 0.3) is 0 Å². The Labute approximate surface area is 150 Å². The van der Waals surface area contributed by atoms with Crippen molar-refractivity contribution in [1.29, 1.82) is 0 Å². The highest BCUT2D eigenvalue weighted by Crippen LogP contribution is 2.24. The molecule has 0 radical (unpaired) electrons. The van der Waals surface area contributed by atoms with E-state index in [4.69, 9.17) is 23.2 Å². The molecule has 6 heteroatoms. The Morgan fingerprint density at radius 1 is 0.917 bits per heavy atom. The van der Waals surface area contributed by atoms with Crippen LogP contribution in [0.1, 0.15) is 16.8 Å². The minimum absolute atomic E-state index is 0.0467. The molecule has 126 valence electrons. The zero-order valence-electron chi connectivity index (χ0n) is 13.0. The van der Waals surface area contributed by atoms with Gasteiger partial charge in [-0.05, 0) is 48.9 Å². The normalized spacial score (nSPS) is 15.3. The first-order chi connectivity index (χ1) is 11.5. The third kappa shape index (κ3) is 3.82. The Kier molecular flexibility index (Phi) is 5.27. The third-order valence-corrected chi connectivity index (χ3v) is 4.88. The maximum absolute atomic E-state index is 13.1. The molecule has 0 unspecified atom stereocenters. The fourth-order valence-corrected chi connectivity index (χ4v) is 3.14. The van der Waals surface area contributed by atoms with Crippen LogP contribution >= 0.6 is 23.2 Å². The lowest BCUT2D eigenvalue weighted by molar-refractivity contribution is 0.0767. The van der Waals surface area contributed by atoms with E-state index in [9.17, 15) is 9.18 Å². The van der Waals surface area contributed by atoms with Crippen molar-refractivity contribution < 1.29 is 9.18 Å². The van der Waals surface area contributed by atoms with Crippen LogP contribution in [0.15, 0.2) is 42.5 Å². The SMILES string of the molecule is O=C(c1ccc(Cl)c(Cl)c1)N1CCCN(c2ccc(F)cc2)CC1. The summed E-state index contributed by atoms with van der Waals surface area (Å²) in [5, 5.41) is 0.817. The number of carbonyl (C=O) groups excluding carboxylic acids is 1. The molecule has 3 rings (SSSR count). The molecule has 1 aliphatic rings.